The summed E-state index contributed by atoms with van der Waals surface area (Å²) < 4.78 is 18.8. The lowest BCUT2D eigenvalue weighted by atomic mass is 10.0. The zero-order valence-electron chi connectivity index (χ0n) is 13.4. The normalized spacial score (nSPS) is 20.8. The molecule has 0 spiro atoms. The van der Waals surface area contributed by atoms with E-state index in [-0.39, 0.29) is 11.9 Å². The first-order valence-electron chi connectivity index (χ1n) is 7.85. The predicted octanol–water partition coefficient (Wildman–Crippen LogP) is 3.01. The lowest BCUT2D eigenvalue weighted by molar-refractivity contribution is 0.172. The lowest BCUT2D eigenvalue weighted by Gasteiger charge is -2.25. The molecule has 1 aliphatic rings. The molecule has 0 amide bonds. The highest BCUT2D eigenvalue weighted by Gasteiger charge is 2.32. The number of aliphatic hydroxyl groups is 1. The fourth-order valence-corrected chi connectivity index (χ4v) is 3.27. The first-order valence-corrected chi connectivity index (χ1v) is 7.85. The number of aliphatic hydroxyl groups excluding tert-OH is 1. The molecule has 2 aromatic carbocycles. The summed E-state index contributed by atoms with van der Waals surface area (Å²) in [6.45, 7) is 0.906. The van der Waals surface area contributed by atoms with Crippen LogP contribution in [0.1, 0.15) is 29.2 Å². The monoisotopic (exact) mass is 326 g/mol. The number of rotatable bonds is 4. The quantitative estimate of drug-likeness (QED) is 0.938. The van der Waals surface area contributed by atoms with Gasteiger partial charge in [0.2, 0.25) is 0 Å². The zero-order chi connectivity index (χ0) is 17.1. The molecular weight excluding hydrogens is 307 g/mol. The molecule has 1 saturated heterocycles. The van der Waals surface area contributed by atoms with E-state index < -0.39 is 6.10 Å². The van der Waals surface area contributed by atoms with E-state index in [0.717, 1.165) is 11.3 Å². The van der Waals surface area contributed by atoms with Crippen LogP contribution in [0.4, 0.5) is 4.39 Å². The molecule has 4 nitrogen and oxygen atoms in total. The third-order valence-corrected chi connectivity index (χ3v) is 4.42. The summed E-state index contributed by atoms with van der Waals surface area (Å²) in [6, 6.07) is 14.0. The van der Waals surface area contributed by atoms with Crippen molar-refractivity contribution in [3.63, 3.8) is 0 Å². The number of β-amino-alcohol motifs (C(OH)–C–C–N with tert-alkyl or cyclic N) is 1. The maximum Gasteiger partial charge on any atom is 0.123 e. The number of hydrogen-bond donors (Lipinski definition) is 1. The van der Waals surface area contributed by atoms with Crippen molar-refractivity contribution in [3.8, 4) is 11.8 Å². The third-order valence-electron chi connectivity index (χ3n) is 4.42. The summed E-state index contributed by atoms with van der Waals surface area (Å²) in [7, 11) is 1.62. The minimum atomic E-state index is -0.444. The van der Waals surface area contributed by atoms with Crippen LogP contribution >= 0.6 is 0 Å². The summed E-state index contributed by atoms with van der Waals surface area (Å²) in [5.41, 5.74) is 2.14. The number of halogens is 1. The van der Waals surface area contributed by atoms with Crippen LogP contribution in [0, 0.1) is 17.1 Å². The van der Waals surface area contributed by atoms with Crippen molar-refractivity contribution >= 4 is 0 Å². The van der Waals surface area contributed by atoms with Gasteiger partial charge >= 0.3 is 0 Å². The first kappa shape index (κ1) is 16.4. The molecule has 2 aromatic rings. The number of benzene rings is 2. The lowest BCUT2D eigenvalue weighted by Crippen LogP contribution is -2.24. The Morgan fingerprint density at radius 1 is 1.33 bits per heavy atom. The second kappa shape index (κ2) is 7.00. The van der Waals surface area contributed by atoms with Gasteiger partial charge in [0, 0.05) is 19.1 Å². The Morgan fingerprint density at radius 2 is 2.17 bits per heavy atom. The summed E-state index contributed by atoms with van der Waals surface area (Å²) in [5, 5.41) is 19.3. The number of ether oxygens (including phenoxy) is 1. The van der Waals surface area contributed by atoms with Gasteiger partial charge < -0.3 is 9.84 Å². The van der Waals surface area contributed by atoms with Crippen molar-refractivity contribution in [3.05, 3.63) is 65.0 Å². The van der Waals surface area contributed by atoms with Gasteiger partial charge in [-0.3, -0.25) is 4.90 Å². The Kier molecular flexibility index (Phi) is 4.79. The van der Waals surface area contributed by atoms with E-state index >= 15 is 0 Å². The first-order chi connectivity index (χ1) is 11.6. The zero-order valence-corrected chi connectivity index (χ0v) is 13.4. The molecule has 2 atom stereocenters. The van der Waals surface area contributed by atoms with Crippen molar-refractivity contribution in [2.24, 2.45) is 0 Å². The van der Waals surface area contributed by atoms with Crippen molar-refractivity contribution in [1.29, 1.82) is 5.26 Å². The van der Waals surface area contributed by atoms with Crippen LogP contribution in [0.5, 0.6) is 5.75 Å². The minimum Gasteiger partial charge on any atom is -0.497 e. The van der Waals surface area contributed by atoms with E-state index in [1.165, 1.54) is 18.2 Å². The summed E-state index contributed by atoms with van der Waals surface area (Å²) in [5.74, 6) is 0.402. The van der Waals surface area contributed by atoms with Crippen molar-refractivity contribution in [1.82, 2.24) is 4.90 Å². The number of nitriles is 1. The van der Waals surface area contributed by atoms with E-state index in [1.807, 2.05) is 24.3 Å². The fraction of sp³-hybridized carbons (Fsp3) is 0.316. The van der Waals surface area contributed by atoms with Crippen LogP contribution in [-0.2, 0) is 6.54 Å². The van der Waals surface area contributed by atoms with Gasteiger partial charge in [-0.25, -0.2) is 4.39 Å². The van der Waals surface area contributed by atoms with Crippen LogP contribution in [-0.4, -0.2) is 29.8 Å². The molecular formula is C19H19FN2O2. The number of likely N-dealkylation sites (tertiary alicyclic amines) is 1. The Labute approximate surface area is 140 Å². The second-order valence-corrected chi connectivity index (χ2v) is 6.02. The maximum atomic E-state index is 13.6. The van der Waals surface area contributed by atoms with Crippen molar-refractivity contribution in [2.75, 3.05) is 13.7 Å². The predicted molar refractivity (Wildman–Crippen MR) is 87.9 cm³/mol. The number of hydrogen-bond acceptors (Lipinski definition) is 4. The van der Waals surface area contributed by atoms with Gasteiger partial charge in [-0.1, -0.05) is 12.1 Å². The highest BCUT2D eigenvalue weighted by molar-refractivity contribution is 5.38. The van der Waals surface area contributed by atoms with Gasteiger partial charge in [-0.05, 0) is 47.9 Å². The highest BCUT2D eigenvalue weighted by atomic mass is 19.1. The standard InChI is InChI=1S/C19H19FN2O2/c1-24-18-4-2-3-13(8-18)19-9-17(23)12-22(19)11-15-7-16(20)6-5-14(15)10-21/h2-8,17,19,23H,9,11-12H2,1H3/t17-,19-/m0/s1. The van der Waals surface area contributed by atoms with E-state index in [9.17, 15) is 14.8 Å². The van der Waals surface area contributed by atoms with Gasteiger partial charge in [0.05, 0.1) is 24.8 Å². The van der Waals surface area contributed by atoms with Crippen LogP contribution in [0.25, 0.3) is 0 Å². The molecule has 3 rings (SSSR count). The Balaban J connectivity index is 1.89. The van der Waals surface area contributed by atoms with Crippen LogP contribution in [0.2, 0.25) is 0 Å². The molecule has 1 fully saturated rings. The average molecular weight is 326 g/mol. The third kappa shape index (κ3) is 3.40. The summed E-state index contributed by atoms with van der Waals surface area (Å²) in [4.78, 5) is 2.08. The molecule has 1 heterocycles. The molecule has 1 N–H and O–H groups in total. The van der Waals surface area contributed by atoms with Crippen molar-refractivity contribution in [2.45, 2.75) is 25.1 Å². The molecule has 0 radical (unpaired) electrons. The van der Waals surface area contributed by atoms with Gasteiger partial charge in [-0.15, -0.1) is 0 Å². The van der Waals surface area contributed by atoms with E-state index in [1.54, 1.807) is 7.11 Å². The molecule has 0 aromatic heterocycles. The molecule has 0 bridgehead atoms. The van der Waals surface area contributed by atoms with Crippen molar-refractivity contribution < 1.29 is 14.2 Å². The Bertz CT molecular complexity index is 772. The smallest absolute Gasteiger partial charge is 0.123 e. The average Bonchev–Trinajstić information content (AvgIpc) is 2.95. The summed E-state index contributed by atoms with van der Waals surface area (Å²) >= 11 is 0. The maximum absolute atomic E-state index is 13.6. The molecule has 0 unspecified atom stereocenters. The summed E-state index contributed by atoms with van der Waals surface area (Å²) in [6.07, 6.45) is 0.157. The molecule has 0 saturated carbocycles. The van der Waals surface area contributed by atoms with Gasteiger partial charge in [0.15, 0.2) is 0 Å². The molecule has 0 aliphatic carbocycles. The van der Waals surface area contributed by atoms with Gasteiger partial charge in [0.1, 0.15) is 11.6 Å². The van der Waals surface area contributed by atoms with E-state index in [4.69, 9.17) is 4.74 Å². The number of nitrogens with zero attached hydrogens (tertiary/aromatic N) is 2. The Hall–Kier alpha value is -2.42. The van der Waals surface area contributed by atoms with Crippen LogP contribution in [0.15, 0.2) is 42.5 Å². The largest absolute Gasteiger partial charge is 0.497 e. The SMILES string of the molecule is COc1cccc([C@@H]2C[C@H](O)CN2Cc2cc(F)ccc2C#N)c1. The van der Waals surface area contributed by atoms with E-state index in [0.29, 0.717) is 30.6 Å². The Morgan fingerprint density at radius 3 is 2.92 bits per heavy atom. The molecule has 124 valence electrons. The van der Waals surface area contributed by atoms with Crippen LogP contribution in [0.3, 0.4) is 0 Å². The molecule has 24 heavy (non-hydrogen) atoms. The topological polar surface area (TPSA) is 56.5 Å². The van der Waals surface area contributed by atoms with Crippen LogP contribution < -0.4 is 4.74 Å². The minimum absolute atomic E-state index is 0.00455. The van der Waals surface area contributed by atoms with E-state index in [2.05, 4.69) is 11.0 Å². The second-order valence-electron chi connectivity index (χ2n) is 6.02. The van der Waals surface area contributed by atoms with Gasteiger partial charge in [-0.2, -0.15) is 5.26 Å². The molecule has 5 heteroatoms. The highest BCUT2D eigenvalue weighted by Crippen LogP contribution is 2.35. The number of methoxy groups -OCH3 is 1. The molecule has 1 aliphatic heterocycles. The van der Waals surface area contributed by atoms with Gasteiger partial charge in [0.25, 0.3) is 0 Å². The fourth-order valence-electron chi connectivity index (χ4n) is 3.27.